The van der Waals surface area contributed by atoms with Gasteiger partial charge in [0.2, 0.25) is 0 Å². The third kappa shape index (κ3) is 3.50. The minimum Gasteiger partial charge on any atom is -0.388 e. The average molecular weight is 289 g/mol. The summed E-state index contributed by atoms with van der Waals surface area (Å²) in [7, 11) is 0. The van der Waals surface area contributed by atoms with Gasteiger partial charge in [0.05, 0.1) is 25.4 Å². The molecule has 118 valence electrons. The van der Waals surface area contributed by atoms with Crippen molar-refractivity contribution in [3.05, 3.63) is 0 Å². The summed E-state index contributed by atoms with van der Waals surface area (Å²) >= 11 is 0. The first-order valence-corrected chi connectivity index (χ1v) is 7.30. The van der Waals surface area contributed by atoms with Gasteiger partial charge in [0, 0.05) is 19.6 Å². The van der Waals surface area contributed by atoms with Crippen LogP contribution in [0.3, 0.4) is 0 Å². The molecule has 2 aliphatic rings. The Balaban J connectivity index is 2.03. The van der Waals surface area contributed by atoms with Gasteiger partial charge in [0.25, 0.3) is 0 Å². The van der Waals surface area contributed by atoms with E-state index in [1.807, 2.05) is 20.8 Å². The van der Waals surface area contributed by atoms with Gasteiger partial charge in [-0.3, -0.25) is 4.90 Å². The predicted octanol–water partition coefficient (Wildman–Crippen LogP) is -0.785. The van der Waals surface area contributed by atoms with Gasteiger partial charge in [-0.05, 0) is 5.41 Å². The fraction of sp³-hybridized carbons (Fsp3) is 1.00. The van der Waals surface area contributed by atoms with Crippen LogP contribution in [-0.4, -0.2) is 83.6 Å². The molecular formula is C14H27NO5. The van der Waals surface area contributed by atoms with Crippen LogP contribution in [-0.2, 0) is 9.47 Å². The van der Waals surface area contributed by atoms with E-state index in [1.165, 1.54) is 0 Å². The lowest BCUT2D eigenvalue weighted by atomic mass is 9.80. The number of hydrogen-bond acceptors (Lipinski definition) is 6. The van der Waals surface area contributed by atoms with E-state index in [2.05, 4.69) is 4.90 Å². The van der Waals surface area contributed by atoms with Crippen molar-refractivity contribution in [1.29, 1.82) is 0 Å². The maximum Gasteiger partial charge on any atom is 0.111 e. The minimum atomic E-state index is -1.17. The van der Waals surface area contributed by atoms with E-state index in [9.17, 15) is 15.3 Å². The fourth-order valence-electron chi connectivity index (χ4n) is 2.86. The van der Waals surface area contributed by atoms with Gasteiger partial charge < -0.3 is 24.8 Å². The smallest absolute Gasteiger partial charge is 0.111 e. The SMILES string of the molecule is CC(C)(C)[C@@H]1O[C@H](CN2CCOCC2)[C@@H](O)[C@H](O)[C@H]1O. The van der Waals surface area contributed by atoms with Crippen LogP contribution < -0.4 is 0 Å². The number of nitrogens with zero attached hydrogens (tertiary/aromatic N) is 1. The van der Waals surface area contributed by atoms with Crippen LogP contribution >= 0.6 is 0 Å². The Hall–Kier alpha value is -0.240. The van der Waals surface area contributed by atoms with E-state index >= 15 is 0 Å². The molecule has 0 aromatic heterocycles. The number of aliphatic hydroxyl groups excluding tert-OH is 3. The molecule has 0 radical (unpaired) electrons. The Morgan fingerprint density at radius 1 is 1.00 bits per heavy atom. The molecule has 0 unspecified atom stereocenters. The molecule has 0 bridgehead atoms. The third-order valence-electron chi connectivity index (χ3n) is 4.11. The molecular weight excluding hydrogens is 262 g/mol. The highest BCUT2D eigenvalue weighted by Crippen LogP contribution is 2.33. The highest BCUT2D eigenvalue weighted by atomic mass is 16.5. The second kappa shape index (κ2) is 6.25. The molecule has 0 spiro atoms. The molecule has 0 amide bonds. The van der Waals surface area contributed by atoms with Crippen molar-refractivity contribution in [3.8, 4) is 0 Å². The number of ether oxygens (including phenoxy) is 2. The number of hydrogen-bond donors (Lipinski definition) is 3. The average Bonchev–Trinajstić information content (AvgIpc) is 2.39. The van der Waals surface area contributed by atoms with Gasteiger partial charge in [0.15, 0.2) is 0 Å². The lowest BCUT2D eigenvalue weighted by Crippen LogP contribution is -2.63. The minimum absolute atomic E-state index is 0.302. The highest BCUT2D eigenvalue weighted by Gasteiger charge is 2.48. The summed E-state index contributed by atoms with van der Waals surface area (Å²) in [4.78, 5) is 2.15. The molecule has 20 heavy (non-hydrogen) atoms. The summed E-state index contributed by atoms with van der Waals surface area (Å²) in [5.74, 6) is 0. The van der Waals surface area contributed by atoms with Gasteiger partial charge >= 0.3 is 0 Å². The molecule has 0 saturated carbocycles. The number of morpholine rings is 1. The summed E-state index contributed by atoms with van der Waals surface area (Å²) in [6.07, 6.45) is -4.28. The normalized spacial score (nSPS) is 40.8. The van der Waals surface area contributed by atoms with E-state index in [4.69, 9.17) is 9.47 Å². The zero-order valence-electron chi connectivity index (χ0n) is 12.5. The molecule has 0 aromatic rings. The van der Waals surface area contributed by atoms with E-state index < -0.39 is 30.5 Å². The Morgan fingerprint density at radius 3 is 2.15 bits per heavy atom. The van der Waals surface area contributed by atoms with Crippen molar-refractivity contribution in [2.45, 2.75) is 51.3 Å². The van der Waals surface area contributed by atoms with Crippen molar-refractivity contribution >= 4 is 0 Å². The summed E-state index contributed by atoms with van der Waals surface area (Å²) in [6, 6.07) is 0. The van der Waals surface area contributed by atoms with E-state index in [-0.39, 0.29) is 5.41 Å². The van der Waals surface area contributed by atoms with Crippen LogP contribution in [0.2, 0.25) is 0 Å². The summed E-state index contributed by atoms with van der Waals surface area (Å²) in [5, 5.41) is 30.3. The Kier molecular flexibility index (Phi) is 5.05. The lowest BCUT2D eigenvalue weighted by molar-refractivity contribution is -0.248. The van der Waals surface area contributed by atoms with Crippen LogP contribution in [0.1, 0.15) is 20.8 Å². The van der Waals surface area contributed by atoms with E-state index in [0.717, 1.165) is 13.1 Å². The van der Waals surface area contributed by atoms with Crippen molar-refractivity contribution in [2.75, 3.05) is 32.8 Å². The van der Waals surface area contributed by atoms with Crippen LogP contribution in [0.4, 0.5) is 0 Å². The van der Waals surface area contributed by atoms with Crippen LogP contribution in [0.25, 0.3) is 0 Å². The molecule has 2 aliphatic heterocycles. The van der Waals surface area contributed by atoms with Crippen molar-refractivity contribution in [3.63, 3.8) is 0 Å². The Morgan fingerprint density at radius 2 is 1.60 bits per heavy atom. The monoisotopic (exact) mass is 289 g/mol. The van der Waals surface area contributed by atoms with Crippen LogP contribution in [0.15, 0.2) is 0 Å². The van der Waals surface area contributed by atoms with Gasteiger partial charge in [-0.15, -0.1) is 0 Å². The Bertz CT molecular complexity index is 313. The molecule has 2 saturated heterocycles. The van der Waals surface area contributed by atoms with Gasteiger partial charge in [0.1, 0.15) is 18.3 Å². The second-order valence-electron chi connectivity index (χ2n) is 6.85. The van der Waals surface area contributed by atoms with Crippen LogP contribution in [0.5, 0.6) is 0 Å². The molecule has 0 aromatic carbocycles. The first-order chi connectivity index (χ1) is 9.30. The molecule has 3 N–H and O–H groups in total. The molecule has 2 fully saturated rings. The molecule has 2 heterocycles. The molecule has 5 atom stereocenters. The second-order valence-corrected chi connectivity index (χ2v) is 6.85. The van der Waals surface area contributed by atoms with Gasteiger partial charge in [-0.25, -0.2) is 0 Å². The van der Waals surface area contributed by atoms with Gasteiger partial charge in [-0.2, -0.15) is 0 Å². The topological polar surface area (TPSA) is 82.4 Å². The number of aliphatic hydroxyl groups is 3. The Labute approximate surface area is 120 Å². The molecule has 0 aliphatic carbocycles. The quantitative estimate of drug-likeness (QED) is 0.618. The lowest BCUT2D eigenvalue weighted by Gasteiger charge is -2.47. The highest BCUT2D eigenvalue weighted by molar-refractivity contribution is 4.97. The third-order valence-corrected chi connectivity index (χ3v) is 4.11. The predicted molar refractivity (Wildman–Crippen MR) is 73.4 cm³/mol. The van der Waals surface area contributed by atoms with Crippen molar-refractivity contribution in [1.82, 2.24) is 4.90 Å². The van der Waals surface area contributed by atoms with Crippen LogP contribution in [0, 0.1) is 5.41 Å². The number of rotatable bonds is 2. The largest absolute Gasteiger partial charge is 0.388 e. The summed E-state index contributed by atoms with van der Waals surface area (Å²) in [5.41, 5.74) is -0.302. The first kappa shape index (κ1) is 16.1. The molecule has 6 nitrogen and oxygen atoms in total. The zero-order chi connectivity index (χ0) is 14.9. The standard InChI is InChI=1S/C14H27NO5/c1-14(2,3)13-12(18)11(17)10(16)9(20-13)8-15-4-6-19-7-5-15/h9-13,16-18H,4-8H2,1-3H3/t9-,10-,11+,12-,13-/m1/s1. The zero-order valence-corrected chi connectivity index (χ0v) is 12.5. The van der Waals surface area contributed by atoms with E-state index in [0.29, 0.717) is 19.8 Å². The van der Waals surface area contributed by atoms with E-state index in [1.54, 1.807) is 0 Å². The fourth-order valence-corrected chi connectivity index (χ4v) is 2.86. The van der Waals surface area contributed by atoms with Gasteiger partial charge in [-0.1, -0.05) is 20.8 Å². The molecule has 2 rings (SSSR count). The van der Waals surface area contributed by atoms with Crippen molar-refractivity contribution in [2.24, 2.45) is 5.41 Å². The summed E-state index contributed by atoms with van der Waals surface area (Å²) < 4.78 is 11.2. The first-order valence-electron chi connectivity index (χ1n) is 7.30. The maximum absolute atomic E-state index is 10.1. The molecule has 6 heteroatoms. The van der Waals surface area contributed by atoms with Crippen molar-refractivity contribution < 1.29 is 24.8 Å². The maximum atomic E-state index is 10.1. The summed E-state index contributed by atoms with van der Waals surface area (Å²) in [6.45, 7) is 9.36.